The highest BCUT2D eigenvalue weighted by molar-refractivity contribution is 5.32. The number of rotatable bonds is 2. The van der Waals surface area contributed by atoms with Crippen molar-refractivity contribution >= 4 is 0 Å². The van der Waals surface area contributed by atoms with Crippen LogP contribution in [-0.2, 0) is 6.18 Å². The normalized spacial score (nSPS) is 13.3. The summed E-state index contributed by atoms with van der Waals surface area (Å²) in [4.78, 5) is 0. The highest BCUT2D eigenvalue weighted by Gasteiger charge is 2.30. The van der Waals surface area contributed by atoms with Gasteiger partial charge in [-0.15, -0.1) is 0 Å². The van der Waals surface area contributed by atoms with Crippen LogP contribution < -0.4 is 0 Å². The molecule has 2 rings (SSSR count). The molecule has 0 saturated heterocycles. The van der Waals surface area contributed by atoms with Gasteiger partial charge in [-0.2, -0.15) is 13.2 Å². The van der Waals surface area contributed by atoms with E-state index in [-0.39, 0.29) is 0 Å². The fourth-order valence-corrected chi connectivity index (χ4v) is 1.69. The molecule has 2 aromatic rings. The molecule has 0 heterocycles. The first kappa shape index (κ1) is 13.5. The molecule has 0 aliphatic carbocycles. The van der Waals surface area contributed by atoms with Crippen LogP contribution in [0.2, 0.25) is 0 Å². The predicted octanol–water partition coefficient (Wildman–Crippen LogP) is 3.93. The monoisotopic (exact) mass is 270 g/mol. The van der Waals surface area contributed by atoms with Gasteiger partial charge in [-0.25, -0.2) is 4.39 Å². The number of halogens is 4. The molecule has 1 atom stereocenters. The molecule has 0 aliphatic heterocycles. The van der Waals surface area contributed by atoms with Gasteiger partial charge < -0.3 is 5.11 Å². The third-order valence-corrected chi connectivity index (χ3v) is 2.74. The van der Waals surface area contributed by atoms with Crippen molar-refractivity contribution in [2.24, 2.45) is 0 Å². The molecule has 0 radical (unpaired) electrons. The molecule has 5 heteroatoms. The maximum atomic E-state index is 12.7. The lowest BCUT2D eigenvalue weighted by molar-refractivity contribution is -0.137. The molecular weight excluding hydrogens is 260 g/mol. The second-order valence-electron chi connectivity index (χ2n) is 4.07. The van der Waals surface area contributed by atoms with Crippen molar-refractivity contribution in [2.75, 3.05) is 0 Å². The van der Waals surface area contributed by atoms with Crippen LogP contribution in [-0.4, -0.2) is 5.11 Å². The molecule has 0 spiro atoms. The maximum Gasteiger partial charge on any atom is 0.416 e. The lowest BCUT2D eigenvalue weighted by atomic mass is 10.0. The highest BCUT2D eigenvalue weighted by atomic mass is 19.4. The van der Waals surface area contributed by atoms with Crippen molar-refractivity contribution in [3.63, 3.8) is 0 Å². The quantitative estimate of drug-likeness (QED) is 0.820. The van der Waals surface area contributed by atoms with Gasteiger partial charge >= 0.3 is 6.18 Å². The molecule has 0 bridgehead atoms. The smallest absolute Gasteiger partial charge is 0.384 e. The van der Waals surface area contributed by atoms with Gasteiger partial charge in [0.05, 0.1) is 5.56 Å². The Bertz CT molecular complexity index is 543. The number of aliphatic hydroxyl groups is 1. The first-order valence-electron chi connectivity index (χ1n) is 5.48. The van der Waals surface area contributed by atoms with Crippen LogP contribution in [0.1, 0.15) is 22.8 Å². The molecule has 0 fully saturated rings. The van der Waals surface area contributed by atoms with Crippen LogP contribution in [0.25, 0.3) is 0 Å². The average molecular weight is 270 g/mol. The summed E-state index contributed by atoms with van der Waals surface area (Å²) < 4.78 is 49.9. The lowest BCUT2D eigenvalue weighted by Gasteiger charge is -2.13. The van der Waals surface area contributed by atoms with E-state index >= 15 is 0 Å². The van der Waals surface area contributed by atoms with E-state index in [1.165, 1.54) is 36.4 Å². The van der Waals surface area contributed by atoms with Crippen LogP contribution in [0.5, 0.6) is 0 Å². The molecule has 19 heavy (non-hydrogen) atoms. The van der Waals surface area contributed by atoms with Crippen molar-refractivity contribution in [3.05, 3.63) is 71.0 Å². The van der Waals surface area contributed by atoms with Gasteiger partial charge in [-0.1, -0.05) is 24.3 Å². The minimum atomic E-state index is -4.40. The van der Waals surface area contributed by atoms with Gasteiger partial charge in [0.1, 0.15) is 11.9 Å². The van der Waals surface area contributed by atoms with Gasteiger partial charge in [0, 0.05) is 0 Å². The van der Waals surface area contributed by atoms with Crippen LogP contribution in [0.15, 0.2) is 48.5 Å². The average Bonchev–Trinajstić information content (AvgIpc) is 2.38. The Morgan fingerprint density at radius 1 is 0.789 bits per heavy atom. The van der Waals surface area contributed by atoms with E-state index in [0.717, 1.165) is 12.1 Å². The molecule has 100 valence electrons. The number of hydrogen-bond donors (Lipinski definition) is 1. The molecule has 0 unspecified atom stereocenters. The predicted molar refractivity (Wildman–Crippen MR) is 61.9 cm³/mol. The zero-order valence-corrected chi connectivity index (χ0v) is 9.66. The highest BCUT2D eigenvalue weighted by Crippen LogP contribution is 2.31. The lowest BCUT2D eigenvalue weighted by Crippen LogP contribution is -2.06. The van der Waals surface area contributed by atoms with E-state index in [2.05, 4.69) is 0 Å². The van der Waals surface area contributed by atoms with Crippen LogP contribution in [0, 0.1) is 5.82 Å². The van der Waals surface area contributed by atoms with Crippen molar-refractivity contribution in [3.8, 4) is 0 Å². The maximum absolute atomic E-state index is 12.7. The minimum Gasteiger partial charge on any atom is -0.384 e. The van der Waals surface area contributed by atoms with Crippen LogP contribution in [0.3, 0.4) is 0 Å². The van der Waals surface area contributed by atoms with E-state index in [4.69, 9.17) is 0 Å². The van der Waals surface area contributed by atoms with Crippen molar-refractivity contribution < 1.29 is 22.7 Å². The Morgan fingerprint density at radius 3 is 1.63 bits per heavy atom. The Hall–Kier alpha value is -1.88. The first-order chi connectivity index (χ1) is 8.88. The van der Waals surface area contributed by atoms with E-state index in [0.29, 0.717) is 11.1 Å². The summed E-state index contributed by atoms with van der Waals surface area (Å²) in [5.74, 6) is -0.441. The number of aliphatic hydroxyl groups excluding tert-OH is 1. The molecule has 0 saturated carbocycles. The zero-order chi connectivity index (χ0) is 14.0. The largest absolute Gasteiger partial charge is 0.416 e. The second kappa shape index (κ2) is 5.01. The topological polar surface area (TPSA) is 20.2 Å². The van der Waals surface area contributed by atoms with E-state index in [9.17, 15) is 22.7 Å². The summed E-state index contributed by atoms with van der Waals surface area (Å²) in [6, 6.07) is 9.36. The van der Waals surface area contributed by atoms with Crippen molar-refractivity contribution in [1.29, 1.82) is 0 Å². The number of alkyl halides is 3. The van der Waals surface area contributed by atoms with E-state index in [1.54, 1.807) is 0 Å². The summed E-state index contributed by atoms with van der Waals surface area (Å²) >= 11 is 0. The Morgan fingerprint density at radius 2 is 1.21 bits per heavy atom. The fourth-order valence-electron chi connectivity index (χ4n) is 1.69. The zero-order valence-electron chi connectivity index (χ0n) is 9.66. The van der Waals surface area contributed by atoms with Gasteiger partial charge in [-0.3, -0.25) is 0 Å². The first-order valence-corrected chi connectivity index (χ1v) is 5.48. The Balaban J connectivity index is 2.25. The number of benzene rings is 2. The minimum absolute atomic E-state index is 0.319. The van der Waals surface area contributed by atoms with Gasteiger partial charge in [0.2, 0.25) is 0 Å². The SMILES string of the molecule is O[C@@H](c1ccc(F)cc1)c1ccc(C(F)(F)F)cc1. The van der Waals surface area contributed by atoms with Crippen LogP contribution >= 0.6 is 0 Å². The number of hydrogen-bond acceptors (Lipinski definition) is 1. The Labute approximate surface area is 107 Å². The standard InChI is InChI=1S/C14H10F4O/c15-12-7-3-10(4-8-12)13(19)9-1-5-11(6-2-9)14(16,17)18/h1-8,13,19H/t13-/m1/s1. The summed E-state index contributed by atoms with van der Waals surface area (Å²) in [6.45, 7) is 0. The van der Waals surface area contributed by atoms with E-state index in [1.807, 2.05) is 0 Å². The molecule has 0 aliphatic rings. The molecule has 1 nitrogen and oxygen atoms in total. The van der Waals surface area contributed by atoms with Crippen molar-refractivity contribution in [1.82, 2.24) is 0 Å². The second-order valence-corrected chi connectivity index (χ2v) is 4.07. The molecular formula is C14H10F4O. The molecule has 0 amide bonds. The fraction of sp³-hybridized carbons (Fsp3) is 0.143. The summed E-state index contributed by atoms with van der Waals surface area (Å²) in [7, 11) is 0. The summed E-state index contributed by atoms with van der Waals surface area (Å²) in [6.07, 6.45) is -5.48. The third kappa shape index (κ3) is 3.12. The van der Waals surface area contributed by atoms with Gasteiger partial charge in [-0.05, 0) is 35.4 Å². The summed E-state index contributed by atoms with van der Waals surface area (Å²) in [5, 5.41) is 9.97. The molecule has 1 N–H and O–H groups in total. The van der Waals surface area contributed by atoms with E-state index < -0.39 is 23.7 Å². The molecule has 2 aromatic carbocycles. The molecule has 0 aromatic heterocycles. The summed E-state index contributed by atoms with van der Waals surface area (Å²) in [5.41, 5.74) is -0.0386. The van der Waals surface area contributed by atoms with Crippen LogP contribution in [0.4, 0.5) is 17.6 Å². The van der Waals surface area contributed by atoms with Gasteiger partial charge in [0.15, 0.2) is 0 Å². The van der Waals surface area contributed by atoms with Crippen molar-refractivity contribution in [2.45, 2.75) is 12.3 Å². The Kier molecular flexibility index (Phi) is 3.57. The van der Waals surface area contributed by atoms with Gasteiger partial charge in [0.25, 0.3) is 0 Å². The third-order valence-electron chi connectivity index (χ3n) is 2.74.